The minimum Gasteiger partial charge on any atom is -0.457 e. The van der Waals surface area contributed by atoms with E-state index in [9.17, 15) is 24.3 Å². The van der Waals surface area contributed by atoms with Crippen LogP contribution in [0.2, 0.25) is 0 Å². The Bertz CT molecular complexity index is 1270. The molecule has 0 saturated carbocycles. The van der Waals surface area contributed by atoms with Gasteiger partial charge in [-0.15, -0.1) is 0 Å². The molecule has 12 atom stereocenters. The fourth-order valence-corrected chi connectivity index (χ4v) is 7.54. The van der Waals surface area contributed by atoms with E-state index >= 15 is 4.39 Å². The summed E-state index contributed by atoms with van der Waals surface area (Å²) in [6.07, 6.45) is -0.277. The first kappa shape index (κ1) is 44.6. The minimum atomic E-state index is -3.09. The number of ether oxygens (including phenoxy) is 4. The lowest BCUT2D eigenvalue weighted by atomic mass is 9.73. The number of halogens is 1. The van der Waals surface area contributed by atoms with Crippen molar-refractivity contribution in [3.8, 4) is 0 Å². The summed E-state index contributed by atoms with van der Waals surface area (Å²) in [6, 6.07) is -0.284. The molecule has 0 bridgehead atoms. The zero-order chi connectivity index (χ0) is 39.0. The van der Waals surface area contributed by atoms with Gasteiger partial charge in [0, 0.05) is 37.7 Å². The second-order valence-corrected chi connectivity index (χ2v) is 15.5. The van der Waals surface area contributed by atoms with Gasteiger partial charge in [0.15, 0.2) is 18.2 Å². The molecule has 292 valence electrons. The second-order valence-electron chi connectivity index (χ2n) is 15.5. The van der Waals surface area contributed by atoms with Crippen molar-refractivity contribution in [2.24, 2.45) is 33.7 Å². The summed E-state index contributed by atoms with van der Waals surface area (Å²) in [6.45, 7) is 17.8. The summed E-state index contributed by atoms with van der Waals surface area (Å²) in [7, 11) is 3.74. The van der Waals surface area contributed by atoms with E-state index in [1.54, 1.807) is 6.92 Å². The molecule has 2 aliphatic heterocycles. The van der Waals surface area contributed by atoms with Gasteiger partial charge in [-0.05, 0) is 105 Å². The number of hydrogen-bond donors (Lipinski definition) is 1. The van der Waals surface area contributed by atoms with Crippen LogP contribution in [0.15, 0.2) is 9.98 Å². The van der Waals surface area contributed by atoms with Crippen LogP contribution in [0.1, 0.15) is 115 Å². The summed E-state index contributed by atoms with van der Waals surface area (Å²) in [4.78, 5) is 62.4. The number of cyclic esters (lactones) is 1. The molecule has 12 nitrogen and oxygen atoms in total. The van der Waals surface area contributed by atoms with Gasteiger partial charge in [-0.1, -0.05) is 27.7 Å². The Morgan fingerprint density at radius 2 is 1.69 bits per heavy atom. The van der Waals surface area contributed by atoms with E-state index < -0.39 is 77.3 Å². The summed E-state index contributed by atoms with van der Waals surface area (Å²) in [5.41, 5.74) is -3.90. The smallest absolute Gasteiger partial charge is 0.351 e. The van der Waals surface area contributed by atoms with Crippen molar-refractivity contribution in [3.63, 3.8) is 0 Å². The van der Waals surface area contributed by atoms with Crippen LogP contribution < -0.4 is 0 Å². The largest absolute Gasteiger partial charge is 0.457 e. The van der Waals surface area contributed by atoms with E-state index in [0.29, 0.717) is 32.1 Å². The normalized spacial score (nSPS) is 38.0. The Morgan fingerprint density at radius 3 is 2.22 bits per heavy atom. The fourth-order valence-electron chi connectivity index (χ4n) is 7.54. The first-order valence-corrected chi connectivity index (χ1v) is 18.5. The lowest BCUT2D eigenvalue weighted by Gasteiger charge is -2.45. The number of alkyl halides is 1. The molecular weight excluding hydrogens is 661 g/mol. The molecule has 0 aromatic carbocycles. The van der Waals surface area contributed by atoms with E-state index in [4.69, 9.17) is 23.9 Å². The van der Waals surface area contributed by atoms with Crippen LogP contribution in [-0.4, -0.2) is 114 Å². The van der Waals surface area contributed by atoms with E-state index in [0.717, 1.165) is 12.6 Å². The molecule has 2 heterocycles. The third-order valence-corrected chi connectivity index (χ3v) is 10.4. The number of ketones is 1. The lowest BCUT2D eigenvalue weighted by molar-refractivity contribution is -0.282. The molecule has 13 heteroatoms. The van der Waals surface area contributed by atoms with Gasteiger partial charge in [0.1, 0.15) is 11.7 Å². The highest BCUT2D eigenvalue weighted by Gasteiger charge is 2.52. The molecule has 2 saturated heterocycles. The van der Waals surface area contributed by atoms with Crippen molar-refractivity contribution in [3.05, 3.63) is 0 Å². The number of carbonyl (C=O) groups excluding carboxylic acids is 4. The summed E-state index contributed by atoms with van der Waals surface area (Å²) < 4.78 is 40.8. The van der Waals surface area contributed by atoms with Crippen LogP contribution >= 0.6 is 0 Å². The Morgan fingerprint density at radius 1 is 1.08 bits per heavy atom. The predicted molar refractivity (Wildman–Crippen MR) is 193 cm³/mol. The van der Waals surface area contributed by atoms with Crippen molar-refractivity contribution < 1.29 is 47.6 Å². The van der Waals surface area contributed by atoms with Gasteiger partial charge < -0.3 is 29.0 Å². The number of rotatable bonds is 8. The van der Waals surface area contributed by atoms with Crippen LogP contribution in [-0.2, 0) is 38.1 Å². The van der Waals surface area contributed by atoms with E-state index in [1.165, 1.54) is 33.9 Å². The number of esters is 2. The molecule has 2 aliphatic rings. The number of amides is 1. The number of aliphatic imine (C=N–C) groups is 2. The zero-order valence-corrected chi connectivity index (χ0v) is 33.1. The maximum Gasteiger partial charge on any atom is 0.351 e. The molecule has 0 aliphatic carbocycles. The number of likely N-dealkylation sites (N-methyl/N-ethyl adjacent to an activating group) is 1. The predicted octanol–water partition coefficient (Wildman–Crippen LogP) is 5.30. The third kappa shape index (κ3) is 11.9. The lowest BCUT2D eigenvalue weighted by Crippen LogP contribution is -2.58. The molecule has 0 aromatic rings. The van der Waals surface area contributed by atoms with Crippen molar-refractivity contribution in [2.45, 2.75) is 169 Å². The van der Waals surface area contributed by atoms with Gasteiger partial charge in [-0.2, -0.15) is 0 Å². The molecule has 0 spiro atoms. The molecular formula is C38H64FN3O9. The number of Topliss-reactive ketones (excluding diaryl/α,β-unsaturated/α-hetero) is 1. The highest BCUT2D eigenvalue weighted by Crippen LogP contribution is 2.38. The summed E-state index contributed by atoms with van der Waals surface area (Å²) in [5.74, 6) is -5.92. The highest BCUT2D eigenvalue weighted by atomic mass is 19.1. The van der Waals surface area contributed by atoms with Crippen LogP contribution in [0, 0.1) is 23.7 Å². The molecule has 1 amide bonds. The molecule has 1 unspecified atom stereocenters. The fraction of sp³-hybridized carbons (Fsp3) is 0.842. The quantitative estimate of drug-likeness (QED) is 0.198. The van der Waals surface area contributed by atoms with Gasteiger partial charge in [0.2, 0.25) is 5.91 Å². The highest BCUT2D eigenvalue weighted by molar-refractivity contribution is 6.07. The monoisotopic (exact) mass is 725 g/mol. The molecule has 1 N–H and O–H groups in total. The summed E-state index contributed by atoms with van der Waals surface area (Å²) in [5, 5.41) is 12.1. The van der Waals surface area contributed by atoms with Crippen molar-refractivity contribution >= 4 is 35.6 Å². The summed E-state index contributed by atoms with van der Waals surface area (Å²) >= 11 is 0. The Hall–Kier alpha value is -2.61. The van der Waals surface area contributed by atoms with Gasteiger partial charge in [-0.25, -0.2) is 14.2 Å². The standard InChI is InChI=1S/C38H64FN3O9/c1-14-31-38(11,47)29(23(5)20-40-26(8)43)18-17-28(41-21(2)3)16-15-22(4)32(25(7)34(45)37(10,39)36(46)50-31)51-35-33(49-27(9)44)30(42(12)13)19-24(6)48-35/h20-25,29-33,35,47H,14-19H2,1-13H3/t22?,23-,24+,25+,29+,30-,31+,32-,33+,35-,37-,38-/m0/s1. The topological polar surface area (TPSA) is 153 Å². The van der Waals surface area contributed by atoms with Gasteiger partial charge >= 0.3 is 11.9 Å². The number of hydrogen-bond acceptors (Lipinski definition) is 11. The molecule has 51 heavy (non-hydrogen) atoms. The second kappa shape index (κ2) is 18.9. The van der Waals surface area contributed by atoms with Crippen molar-refractivity contribution in [1.29, 1.82) is 0 Å². The van der Waals surface area contributed by atoms with Crippen molar-refractivity contribution in [1.82, 2.24) is 4.90 Å². The van der Waals surface area contributed by atoms with E-state index in [1.807, 2.05) is 53.6 Å². The van der Waals surface area contributed by atoms with Crippen LogP contribution in [0.3, 0.4) is 0 Å². The number of aliphatic hydroxyl groups is 1. The van der Waals surface area contributed by atoms with Crippen LogP contribution in [0.5, 0.6) is 0 Å². The zero-order valence-electron chi connectivity index (χ0n) is 33.1. The molecule has 2 rings (SSSR count). The molecule has 2 fully saturated rings. The first-order valence-electron chi connectivity index (χ1n) is 18.5. The Balaban J connectivity index is 2.69. The first-order chi connectivity index (χ1) is 23.5. The van der Waals surface area contributed by atoms with E-state index in [-0.39, 0.29) is 30.5 Å². The maximum absolute atomic E-state index is 16.6. The third-order valence-electron chi connectivity index (χ3n) is 10.4. The van der Waals surface area contributed by atoms with Gasteiger partial charge in [0.25, 0.3) is 5.67 Å². The maximum atomic E-state index is 16.6. The number of carbonyl (C=O) groups is 4. The molecule has 0 radical (unpaired) electrons. The van der Waals surface area contributed by atoms with Gasteiger partial charge in [0.05, 0.1) is 18.2 Å². The van der Waals surface area contributed by atoms with Gasteiger partial charge in [-0.3, -0.25) is 19.4 Å². The molecule has 0 aromatic heterocycles. The average Bonchev–Trinajstić information content (AvgIpc) is 3.02. The van der Waals surface area contributed by atoms with Crippen LogP contribution in [0.4, 0.5) is 4.39 Å². The van der Waals surface area contributed by atoms with E-state index in [2.05, 4.69) is 4.99 Å². The SMILES string of the molecule is CC[C@H]1OC(=O)[C@@](C)(F)C(=O)[C@H](C)[C@@H](O[C@@H]2O[C@H](C)C[C@H](N(C)C)[C@H]2OC(C)=O)C(C)CCC(=NC(C)C)CC[C@H]([C@@H](C)C=NC(C)=O)[C@]1(C)O. The Labute approximate surface area is 304 Å². The Kier molecular flexibility index (Phi) is 16.5. The van der Waals surface area contributed by atoms with Crippen molar-refractivity contribution in [2.75, 3.05) is 14.1 Å². The number of nitrogens with zero attached hydrogens (tertiary/aromatic N) is 3. The average molecular weight is 726 g/mol. The van der Waals surface area contributed by atoms with Crippen LogP contribution in [0.25, 0.3) is 0 Å². The minimum absolute atomic E-state index is 0.0261.